The van der Waals surface area contributed by atoms with Gasteiger partial charge < -0.3 is 15.1 Å². The molecule has 2 aromatic heterocycles. The van der Waals surface area contributed by atoms with E-state index in [9.17, 15) is 9.59 Å². The number of aromatic nitrogens is 3. The molecule has 1 atom stereocenters. The van der Waals surface area contributed by atoms with Crippen LogP contribution in [0.1, 0.15) is 0 Å². The third-order valence-electron chi connectivity index (χ3n) is 5.01. The van der Waals surface area contributed by atoms with Gasteiger partial charge in [-0.3, -0.25) is 14.3 Å². The number of likely N-dealkylation sites (N-methyl/N-ethyl adjacent to an activating group) is 1. The van der Waals surface area contributed by atoms with Gasteiger partial charge in [0.15, 0.2) is 0 Å². The van der Waals surface area contributed by atoms with Crippen molar-refractivity contribution < 1.29 is 9.59 Å². The normalized spacial score (nSPS) is 17.4. The van der Waals surface area contributed by atoms with E-state index >= 15 is 0 Å². The molecule has 1 aromatic carbocycles. The van der Waals surface area contributed by atoms with Gasteiger partial charge in [0.05, 0.1) is 11.7 Å². The molecule has 0 saturated carbocycles. The van der Waals surface area contributed by atoms with Crippen LogP contribution in [0.5, 0.6) is 0 Å². The molecule has 1 saturated heterocycles. The van der Waals surface area contributed by atoms with Gasteiger partial charge in [0.1, 0.15) is 23.6 Å². The summed E-state index contributed by atoms with van der Waals surface area (Å²) in [6.07, 6.45) is 1.74. The molecule has 0 unspecified atom stereocenters. The SMILES string of the molecule is CN1CCN(C(=O)Cn2ncc3ccccc32)[C@H](C(=O)Nc2cccc(Cl)n2)C1. The summed E-state index contributed by atoms with van der Waals surface area (Å²) in [5.74, 6) is -0.0719. The second-order valence-corrected chi connectivity index (χ2v) is 7.45. The summed E-state index contributed by atoms with van der Waals surface area (Å²) in [5, 5.41) is 8.36. The summed E-state index contributed by atoms with van der Waals surface area (Å²) in [5.41, 5.74) is 0.888. The van der Waals surface area contributed by atoms with Gasteiger partial charge in [0, 0.05) is 25.0 Å². The molecule has 1 aliphatic heterocycles. The van der Waals surface area contributed by atoms with E-state index in [1.54, 1.807) is 34.0 Å². The molecule has 3 heterocycles. The highest BCUT2D eigenvalue weighted by molar-refractivity contribution is 6.29. The number of fused-ring (bicyclic) bond motifs is 1. The molecular formula is C20H21ClN6O2. The van der Waals surface area contributed by atoms with Crippen LogP contribution in [-0.4, -0.2) is 69.1 Å². The van der Waals surface area contributed by atoms with Crippen molar-refractivity contribution in [3.8, 4) is 0 Å². The standard InChI is InChI=1S/C20H21ClN6O2/c1-25-9-10-26(16(12-25)20(29)24-18-8-4-7-17(21)23-18)19(28)13-27-15-6-3-2-5-14(15)11-22-27/h2-8,11,16H,9-10,12-13H2,1H3,(H,23,24,29)/t16-/m0/s1. The Kier molecular flexibility index (Phi) is 5.46. The number of pyridine rings is 1. The van der Waals surface area contributed by atoms with Gasteiger partial charge in [0.2, 0.25) is 11.8 Å². The van der Waals surface area contributed by atoms with E-state index < -0.39 is 6.04 Å². The predicted octanol–water partition coefficient (Wildman–Crippen LogP) is 1.87. The first-order chi connectivity index (χ1) is 14.0. The van der Waals surface area contributed by atoms with Crippen molar-refractivity contribution in [2.75, 3.05) is 32.0 Å². The first-order valence-electron chi connectivity index (χ1n) is 9.33. The molecule has 9 heteroatoms. The van der Waals surface area contributed by atoms with E-state index in [2.05, 4.69) is 15.4 Å². The second kappa shape index (κ2) is 8.18. The van der Waals surface area contributed by atoms with Crippen LogP contribution in [0.25, 0.3) is 10.9 Å². The minimum Gasteiger partial charge on any atom is -0.326 e. The molecule has 1 aliphatic rings. The maximum atomic E-state index is 13.1. The molecule has 0 radical (unpaired) electrons. The third kappa shape index (κ3) is 4.23. The Morgan fingerprint density at radius 2 is 2.00 bits per heavy atom. The number of benzene rings is 1. The number of amides is 2. The van der Waals surface area contributed by atoms with Crippen molar-refractivity contribution in [2.24, 2.45) is 0 Å². The van der Waals surface area contributed by atoms with E-state index in [-0.39, 0.29) is 18.4 Å². The quantitative estimate of drug-likeness (QED) is 0.661. The Hall–Kier alpha value is -2.97. The van der Waals surface area contributed by atoms with Crippen LogP contribution >= 0.6 is 11.6 Å². The molecule has 0 spiro atoms. The Bertz CT molecular complexity index is 1050. The smallest absolute Gasteiger partial charge is 0.249 e. The highest BCUT2D eigenvalue weighted by Gasteiger charge is 2.34. The summed E-state index contributed by atoms with van der Waals surface area (Å²) < 4.78 is 1.67. The number of carbonyl (C=O) groups is 2. The lowest BCUT2D eigenvalue weighted by molar-refractivity contribution is -0.142. The molecule has 2 amide bonds. The fourth-order valence-corrected chi connectivity index (χ4v) is 3.66. The number of rotatable bonds is 4. The summed E-state index contributed by atoms with van der Waals surface area (Å²) in [7, 11) is 1.93. The summed E-state index contributed by atoms with van der Waals surface area (Å²) in [6, 6.07) is 12.1. The Morgan fingerprint density at radius 1 is 1.17 bits per heavy atom. The minimum absolute atomic E-state index is 0.0798. The minimum atomic E-state index is -0.621. The van der Waals surface area contributed by atoms with Crippen LogP contribution in [-0.2, 0) is 16.1 Å². The van der Waals surface area contributed by atoms with Crippen molar-refractivity contribution in [3.63, 3.8) is 0 Å². The average Bonchev–Trinajstić information content (AvgIpc) is 3.11. The van der Waals surface area contributed by atoms with Gasteiger partial charge in [-0.1, -0.05) is 35.9 Å². The molecule has 4 rings (SSSR count). The molecule has 1 N–H and O–H groups in total. The van der Waals surface area contributed by atoms with E-state index in [4.69, 9.17) is 11.6 Å². The Balaban J connectivity index is 1.52. The van der Waals surface area contributed by atoms with Crippen LogP contribution in [0.2, 0.25) is 5.15 Å². The number of carbonyl (C=O) groups excluding carboxylic acids is 2. The first kappa shape index (κ1) is 19.4. The Morgan fingerprint density at radius 3 is 2.83 bits per heavy atom. The summed E-state index contributed by atoms with van der Waals surface area (Å²) in [6.45, 7) is 1.69. The lowest BCUT2D eigenvalue weighted by atomic mass is 10.1. The summed E-state index contributed by atoms with van der Waals surface area (Å²) >= 11 is 5.90. The van der Waals surface area contributed by atoms with Gasteiger partial charge in [-0.25, -0.2) is 4.98 Å². The number of anilines is 1. The molecule has 29 heavy (non-hydrogen) atoms. The zero-order valence-corrected chi connectivity index (χ0v) is 16.7. The van der Waals surface area contributed by atoms with Gasteiger partial charge in [-0.2, -0.15) is 5.10 Å². The van der Waals surface area contributed by atoms with Crippen LogP contribution in [0.3, 0.4) is 0 Å². The largest absolute Gasteiger partial charge is 0.326 e. The molecule has 0 bridgehead atoms. The van der Waals surface area contributed by atoms with Crippen molar-refractivity contribution >= 4 is 40.1 Å². The van der Waals surface area contributed by atoms with E-state index in [0.717, 1.165) is 10.9 Å². The maximum Gasteiger partial charge on any atom is 0.249 e. The topological polar surface area (TPSA) is 83.4 Å². The van der Waals surface area contributed by atoms with Crippen molar-refractivity contribution in [1.82, 2.24) is 24.6 Å². The number of halogens is 1. The lowest BCUT2D eigenvalue weighted by Gasteiger charge is -2.39. The summed E-state index contributed by atoms with van der Waals surface area (Å²) in [4.78, 5) is 33.7. The van der Waals surface area contributed by atoms with Crippen molar-refractivity contribution in [1.29, 1.82) is 0 Å². The number of nitrogens with zero attached hydrogens (tertiary/aromatic N) is 5. The molecular weight excluding hydrogens is 392 g/mol. The maximum absolute atomic E-state index is 13.1. The number of piperazine rings is 1. The van der Waals surface area contributed by atoms with Crippen LogP contribution in [0, 0.1) is 0 Å². The van der Waals surface area contributed by atoms with Gasteiger partial charge >= 0.3 is 0 Å². The zero-order valence-electron chi connectivity index (χ0n) is 16.0. The highest BCUT2D eigenvalue weighted by Crippen LogP contribution is 2.16. The predicted molar refractivity (Wildman–Crippen MR) is 111 cm³/mol. The van der Waals surface area contributed by atoms with Gasteiger partial charge in [0.25, 0.3) is 0 Å². The van der Waals surface area contributed by atoms with Crippen molar-refractivity contribution in [2.45, 2.75) is 12.6 Å². The fourth-order valence-electron chi connectivity index (χ4n) is 3.50. The molecule has 1 fully saturated rings. The van der Waals surface area contributed by atoms with Gasteiger partial charge in [-0.15, -0.1) is 0 Å². The van der Waals surface area contributed by atoms with Crippen LogP contribution < -0.4 is 5.32 Å². The molecule has 150 valence electrons. The third-order valence-corrected chi connectivity index (χ3v) is 5.22. The second-order valence-electron chi connectivity index (χ2n) is 7.06. The number of hydrogen-bond donors (Lipinski definition) is 1. The highest BCUT2D eigenvalue weighted by atomic mass is 35.5. The zero-order chi connectivity index (χ0) is 20.4. The van der Waals surface area contributed by atoms with E-state index in [1.807, 2.05) is 36.2 Å². The molecule has 0 aliphatic carbocycles. The van der Waals surface area contributed by atoms with Crippen molar-refractivity contribution in [3.05, 3.63) is 53.8 Å². The van der Waals surface area contributed by atoms with Gasteiger partial charge in [-0.05, 0) is 25.2 Å². The number of nitrogens with one attached hydrogen (secondary N) is 1. The number of para-hydroxylation sites is 1. The average molecular weight is 413 g/mol. The lowest BCUT2D eigenvalue weighted by Crippen LogP contribution is -2.59. The van der Waals surface area contributed by atoms with Crippen LogP contribution in [0.15, 0.2) is 48.7 Å². The molecule has 3 aromatic rings. The fraction of sp³-hybridized carbons (Fsp3) is 0.300. The Labute approximate surface area is 173 Å². The van der Waals surface area contributed by atoms with E-state index in [0.29, 0.717) is 30.6 Å². The first-order valence-corrected chi connectivity index (χ1v) is 9.71. The van der Waals surface area contributed by atoms with Crippen LogP contribution in [0.4, 0.5) is 5.82 Å². The number of hydrogen-bond acceptors (Lipinski definition) is 5. The monoisotopic (exact) mass is 412 g/mol. The van der Waals surface area contributed by atoms with E-state index in [1.165, 1.54) is 0 Å². The molecule has 8 nitrogen and oxygen atoms in total.